The Hall–Kier alpha value is -0.380. The number of hydrogen-bond acceptors (Lipinski definition) is 3. The Morgan fingerprint density at radius 3 is 2.00 bits per heavy atom. The number of allylic oxidation sites excluding steroid dienone is 1. The average molecular weight is 329 g/mol. The summed E-state index contributed by atoms with van der Waals surface area (Å²) in [6.45, 7) is 6.36. The van der Waals surface area contributed by atoms with E-state index in [4.69, 9.17) is 14.2 Å². The lowest BCUT2D eigenvalue weighted by Gasteiger charge is -2.36. The first-order valence-corrected chi connectivity index (χ1v) is 9.33. The zero-order valence-corrected chi connectivity index (χ0v) is 16.4. The summed E-state index contributed by atoms with van der Waals surface area (Å²) < 4.78 is 16.9. The minimum Gasteiger partial charge on any atom is -0.377 e. The Balaban J connectivity index is 4.45. The molecule has 138 valence electrons. The van der Waals surface area contributed by atoms with Crippen LogP contribution in [0.1, 0.15) is 78.6 Å². The molecule has 0 aromatic heterocycles. The fraction of sp³-hybridized carbons (Fsp3) is 0.900. The van der Waals surface area contributed by atoms with Crippen molar-refractivity contribution < 1.29 is 14.2 Å². The second-order valence-electron chi connectivity index (χ2n) is 6.55. The van der Waals surface area contributed by atoms with Crippen molar-refractivity contribution in [1.29, 1.82) is 0 Å². The zero-order valence-electron chi connectivity index (χ0n) is 16.4. The van der Waals surface area contributed by atoms with Crippen LogP contribution in [0.3, 0.4) is 0 Å². The Bertz CT molecular complexity index is 285. The molecule has 0 saturated carbocycles. The summed E-state index contributed by atoms with van der Waals surface area (Å²) in [5, 5.41) is 0. The minimum atomic E-state index is -0.502. The third kappa shape index (κ3) is 9.49. The van der Waals surface area contributed by atoms with Gasteiger partial charge in [-0.2, -0.15) is 0 Å². The predicted octanol–water partition coefficient (Wildman–Crippen LogP) is 5.73. The molecule has 2 atom stereocenters. The topological polar surface area (TPSA) is 27.7 Å². The quantitative estimate of drug-likeness (QED) is 0.218. The van der Waals surface area contributed by atoms with Gasteiger partial charge in [0.2, 0.25) is 0 Å². The van der Waals surface area contributed by atoms with Crippen molar-refractivity contribution in [2.24, 2.45) is 5.92 Å². The Kier molecular flexibility index (Phi) is 13.8. The highest BCUT2D eigenvalue weighted by atomic mass is 16.7. The molecule has 0 aliphatic heterocycles. The molecule has 0 amide bonds. The fourth-order valence-corrected chi connectivity index (χ4v) is 3.13. The summed E-state index contributed by atoms with van der Waals surface area (Å²) in [5.74, 6) is -0.107. The molecule has 0 aliphatic carbocycles. The maximum absolute atomic E-state index is 5.69. The maximum Gasteiger partial charge on any atom is 0.167 e. The summed E-state index contributed by atoms with van der Waals surface area (Å²) in [7, 11) is 5.27. The molecule has 0 aromatic rings. The van der Waals surface area contributed by atoms with E-state index in [0.717, 1.165) is 19.3 Å². The van der Waals surface area contributed by atoms with Crippen molar-refractivity contribution in [2.75, 3.05) is 21.3 Å². The highest BCUT2D eigenvalue weighted by molar-refractivity contribution is 4.88. The summed E-state index contributed by atoms with van der Waals surface area (Å²) in [4.78, 5) is 0. The van der Waals surface area contributed by atoms with E-state index in [1.165, 1.54) is 38.5 Å². The monoisotopic (exact) mass is 328 g/mol. The van der Waals surface area contributed by atoms with E-state index in [9.17, 15) is 0 Å². The van der Waals surface area contributed by atoms with E-state index < -0.39 is 5.79 Å². The van der Waals surface area contributed by atoms with E-state index in [1.807, 2.05) is 6.92 Å². The van der Waals surface area contributed by atoms with Gasteiger partial charge in [-0.05, 0) is 33.1 Å². The second kappa shape index (κ2) is 14.0. The van der Waals surface area contributed by atoms with Gasteiger partial charge in [-0.15, -0.1) is 0 Å². The average Bonchev–Trinajstić information content (AvgIpc) is 2.58. The van der Waals surface area contributed by atoms with Crippen LogP contribution in [0.25, 0.3) is 0 Å². The van der Waals surface area contributed by atoms with Gasteiger partial charge in [-0.1, -0.05) is 57.6 Å². The second-order valence-corrected chi connectivity index (χ2v) is 6.55. The lowest BCUT2D eigenvalue weighted by Crippen LogP contribution is -2.39. The van der Waals surface area contributed by atoms with Crippen molar-refractivity contribution >= 4 is 0 Å². The van der Waals surface area contributed by atoms with Crippen LogP contribution in [0.2, 0.25) is 0 Å². The number of ether oxygens (including phenoxy) is 3. The van der Waals surface area contributed by atoms with Crippen LogP contribution in [-0.2, 0) is 14.2 Å². The molecule has 0 radical (unpaired) electrons. The first kappa shape index (κ1) is 22.6. The molecule has 3 heteroatoms. The van der Waals surface area contributed by atoms with Gasteiger partial charge in [0, 0.05) is 27.2 Å². The largest absolute Gasteiger partial charge is 0.377 e. The summed E-state index contributed by atoms with van der Waals surface area (Å²) in [6.07, 6.45) is 15.5. The first-order chi connectivity index (χ1) is 11.1. The van der Waals surface area contributed by atoms with E-state index in [1.54, 1.807) is 21.3 Å². The molecule has 2 unspecified atom stereocenters. The molecule has 0 rings (SSSR count). The van der Waals surface area contributed by atoms with Crippen molar-refractivity contribution in [2.45, 2.75) is 90.4 Å². The smallest absolute Gasteiger partial charge is 0.167 e. The molecule has 0 aliphatic rings. The molecule has 0 saturated heterocycles. The molecule has 23 heavy (non-hydrogen) atoms. The maximum atomic E-state index is 5.69. The number of hydrogen-bond donors (Lipinski definition) is 0. The van der Waals surface area contributed by atoms with Crippen LogP contribution in [0, 0.1) is 5.92 Å². The first-order valence-electron chi connectivity index (χ1n) is 9.33. The lowest BCUT2D eigenvalue weighted by molar-refractivity contribution is -0.230. The summed E-state index contributed by atoms with van der Waals surface area (Å²) in [5.41, 5.74) is 0. The van der Waals surface area contributed by atoms with Crippen LogP contribution in [0.4, 0.5) is 0 Å². The SMILES string of the molecule is CC=CC(CCC(CCCCCCCC)C(C)(OC)OC)OC. The zero-order chi connectivity index (χ0) is 17.6. The molecule has 0 fully saturated rings. The predicted molar refractivity (Wildman–Crippen MR) is 98.8 cm³/mol. The van der Waals surface area contributed by atoms with E-state index in [0.29, 0.717) is 5.92 Å². The van der Waals surface area contributed by atoms with Gasteiger partial charge in [0.25, 0.3) is 0 Å². The van der Waals surface area contributed by atoms with E-state index >= 15 is 0 Å². The fourth-order valence-electron chi connectivity index (χ4n) is 3.13. The molecule has 0 heterocycles. The van der Waals surface area contributed by atoms with Crippen LogP contribution >= 0.6 is 0 Å². The minimum absolute atomic E-state index is 0.185. The van der Waals surface area contributed by atoms with Crippen molar-refractivity contribution in [3.8, 4) is 0 Å². The van der Waals surface area contributed by atoms with Crippen LogP contribution < -0.4 is 0 Å². The van der Waals surface area contributed by atoms with Gasteiger partial charge in [0.05, 0.1) is 6.10 Å². The number of unbranched alkanes of at least 4 members (excludes halogenated alkanes) is 5. The lowest BCUT2D eigenvalue weighted by atomic mass is 9.87. The van der Waals surface area contributed by atoms with Crippen molar-refractivity contribution in [1.82, 2.24) is 0 Å². The highest BCUT2D eigenvalue weighted by Crippen LogP contribution is 2.32. The van der Waals surface area contributed by atoms with Crippen LogP contribution in [0.15, 0.2) is 12.2 Å². The summed E-state index contributed by atoms with van der Waals surface area (Å²) >= 11 is 0. The van der Waals surface area contributed by atoms with Gasteiger partial charge in [-0.3, -0.25) is 0 Å². The standard InChI is InChI=1S/C20H40O3/c1-7-9-10-11-12-13-15-18(20(3,22-5)23-6)16-17-19(21-4)14-8-2/h8,14,18-19H,7,9-13,15-17H2,1-6H3. The molecular weight excluding hydrogens is 288 g/mol. The van der Waals surface area contributed by atoms with Crippen LogP contribution in [0.5, 0.6) is 0 Å². The Morgan fingerprint density at radius 2 is 1.48 bits per heavy atom. The molecule has 0 bridgehead atoms. The van der Waals surface area contributed by atoms with Crippen LogP contribution in [-0.4, -0.2) is 33.2 Å². The molecular formula is C20H40O3. The Morgan fingerprint density at radius 1 is 0.870 bits per heavy atom. The van der Waals surface area contributed by atoms with Crippen molar-refractivity contribution in [3.63, 3.8) is 0 Å². The molecule has 3 nitrogen and oxygen atoms in total. The molecule has 0 aromatic carbocycles. The summed E-state index contributed by atoms with van der Waals surface area (Å²) in [6, 6.07) is 0. The third-order valence-electron chi connectivity index (χ3n) is 4.97. The van der Waals surface area contributed by atoms with E-state index in [2.05, 4.69) is 26.0 Å². The van der Waals surface area contributed by atoms with Gasteiger partial charge >= 0.3 is 0 Å². The normalized spacial score (nSPS) is 15.2. The van der Waals surface area contributed by atoms with Gasteiger partial charge in [0.1, 0.15) is 0 Å². The van der Waals surface area contributed by atoms with Crippen molar-refractivity contribution in [3.05, 3.63) is 12.2 Å². The highest BCUT2D eigenvalue weighted by Gasteiger charge is 2.33. The number of methoxy groups -OCH3 is 3. The molecule has 0 N–H and O–H groups in total. The van der Waals surface area contributed by atoms with Gasteiger partial charge < -0.3 is 14.2 Å². The van der Waals surface area contributed by atoms with Gasteiger partial charge in [0.15, 0.2) is 5.79 Å². The Labute approximate surface area is 144 Å². The number of rotatable bonds is 15. The third-order valence-corrected chi connectivity index (χ3v) is 4.97. The molecule has 0 spiro atoms. The van der Waals surface area contributed by atoms with E-state index in [-0.39, 0.29) is 6.10 Å². The van der Waals surface area contributed by atoms with Gasteiger partial charge in [-0.25, -0.2) is 0 Å².